The topological polar surface area (TPSA) is 59.1 Å². The number of nitrogens with zero attached hydrogens (tertiary/aromatic N) is 1. The second kappa shape index (κ2) is 7.55. The van der Waals surface area contributed by atoms with E-state index in [2.05, 4.69) is 4.98 Å². The molecule has 0 aromatic carbocycles. The Bertz CT molecular complexity index is 90.5. The van der Waals surface area contributed by atoms with Crippen molar-refractivity contribution in [2.45, 2.75) is 0 Å². The Morgan fingerprint density at radius 2 is 2.33 bits per heavy atom. The van der Waals surface area contributed by atoms with Gasteiger partial charge in [-0.05, 0) is 0 Å². The molecule has 0 radical (unpaired) electrons. The van der Waals surface area contributed by atoms with Gasteiger partial charge in [0, 0.05) is 18.1 Å². The van der Waals surface area contributed by atoms with Crippen molar-refractivity contribution in [3.8, 4) is 0 Å². The lowest BCUT2D eigenvalue weighted by atomic mass is 10.8. The fourth-order valence-corrected chi connectivity index (χ4v) is 0.527. The van der Waals surface area contributed by atoms with Crippen LogP contribution in [-0.4, -0.2) is 23.2 Å². The molecule has 52 valence electrons. The number of aliphatic hydroxyl groups is 1. The third kappa shape index (κ3) is 7.55. The molecule has 4 heteroatoms. The van der Waals surface area contributed by atoms with E-state index in [1.165, 1.54) is 0 Å². The fourth-order valence-electron chi connectivity index (χ4n) is 0.176. The minimum atomic E-state index is 0.0972. The molecule has 0 aliphatic rings. The van der Waals surface area contributed by atoms with Gasteiger partial charge < -0.3 is 10.8 Å². The third-order valence-corrected chi connectivity index (χ3v) is 0.999. The van der Waals surface area contributed by atoms with E-state index in [4.69, 9.17) is 10.8 Å². The Balaban J connectivity index is 0.000000148. The molecule has 3 nitrogen and oxygen atoms in total. The smallest absolute Gasteiger partial charge is 0.0791 e. The molecule has 0 bridgehead atoms. The number of hydrogen-bond acceptors (Lipinski definition) is 4. The quantitative estimate of drug-likeness (QED) is 0.590. The monoisotopic (exact) mass is 146 g/mol. The summed E-state index contributed by atoms with van der Waals surface area (Å²) in [7, 11) is 0. The van der Waals surface area contributed by atoms with Crippen molar-refractivity contribution in [3.63, 3.8) is 0 Å². The van der Waals surface area contributed by atoms with Crippen LogP contribution in [0.4, 0.5) is 0 Å². The van der Waals surface area contributed by atoms with Crippen LogP contribution >= 0.6 is 11.3 Å². The molecule has 0 spiro atoms. The first kappa shape index (κ1) is 8.55. The summed E-state index contributed by atoms with van der Waals surface area (Å²) in [6.07, 6.45) is 1.77. The molecule has 0 saturated heterocycles. The molecule has 1 rings (SSSR count). The van der Waals surface area contributed by atoms with Gasteiger partial charge in [-0.25, -0.2) is 0 Å². The second-order valence-corrected chi connectivity index (χ2v) is 1.94. The van der Waals surface area contributed by atoms with E-state index in [-0.39, 0.29) is 6.61 Å². The average Bonchev–Trinajstić information content (AvgIpc) is 2.43. The summed E-state index contributed by atoms with van der Waals surface area (Å²) in [4.78, 5) is 3.74. The largest absolute Gasteiger partial charge is 0.395 e. The molecule has 0 atom stereocenters. The van der Waals surface area contributed by atoms with Crippen molar-refractivity contribution in [2.24, 2.45) is 5.73 Å². The maximum atomic E-state index is 7.75. The van der Waals surface area contributed by atoms with Gasteiger partial charge in [-0.2, -0.15) is 0 Å². The average molecular weight is 146 g/mol. The maximum absolute atomic E-state index is 7.75. The highest BCUT2D eigenvalue weighted by atomic mass is 32.1. The summed E-state index contributed by atoms with van der Waals surface area (Å²) >= 11 is 1.60. The van der Waals surface area contributed by atoms with Crippen LogP contribution < -0.4 is 5.73 Å². The van der Waals surface area contributed by atoms with Crippen molar-refractivity contribution in [3.05, 3.63) is 17.1 Å². The van der Waals surface area contributed by atoms with Gasteiger partial charge in [-0.1, -0.05) is 0 Å². The Morgan fingerprint density at radius 3 is 2.44 bits per heavy atom. The summed E-state index contributed by atoms with van der Waals surface area (Å²) in [6.45, 7) is 0.472. The van der Waals surface area contributed by atoms with Crippen LogP contribution in [0.25, 0.3) is 0 Å². The van der Waals surface area contributed by atoms with E-state index in [1.807, 2.05) is 5.38 Å². The summed E-state index contributed by atoms with van der Waals surface area (Å²) < 4.78 is 0. The van der Waals surface area contributed by atoms with Gasteiger partial charge in [0.25, 0.3) is 0 Å². The highest BCUT2D eigenvalue weighted by molar-refractivity contribution is 7.07. The van der Waals surface area contributed by atoms with Crippen LogP contribution in [0.5, 0.6) is 0 Å². The Labute approximate surface area is 58.2 Å². The highest BCUT2D eigenvalue weighted by Gasteiger charge is 1.59. The van der Waals surface area contributed by atoms with Crippen molar-refractivity contribution in [2.75, 3.05) is 13.2 Å². The molecule has 1 aromatic rings. The minimum Gasteiger partial charge on any atom is -0.395 e. The number of aliphatic hydroxyl groups excluding tert-OH is 1. The summed E-state index contributed by atoms with van der Waals surface area (Å²) in [6, 6.07) is 0. The first-order chi connectivity index (χ1) is 4.41. The second-order valence-electron chi connectivity index (χ2n) is 1.19. The van der Waals surface area contributed by atoms with Gasteiger partial charge in [0.2, 0.25) is 0 Å². The molecule has 0 amide bonds. The molecule has 1 heterocycles. The van der Waals surface area contributed by atoms with Crippen LogP contribution in [0.15, 0.2) is 17.1 Å². The predicted molar refractivity (Wildman–Crippen MR) is 38.3 cm³/mol. The molecule has 0 unspecified atom stereocenters. The van der Waals surface area contributed by atoms with Gasteiger partial charge >= 0.3 is 0 Å². The van der Waals surface area contributed by atoms with Crippen LogP contribution in [-0.2, 0) is 0 Å². The first-order valence-corrected chi connectivity index (χ1v) is 3.49. The van der Waals surface area contributed by atoms with E-state index < -0.39 is 0 Å². The molecule has 0 fully saturated rings. The zero-order valence-electron chi connectivity index (χ0n) is 5.03. The standard InChI is InChI=1S/C3H3NS.C2H7NO/c1-2-5-3-4-1;3-1-2-4/h1-3H;4H,1-3H2. The van der Waals surface area contributed by atoms with Crippen LogP contribution in [0.2, 0.25) is 0 Å². The number of nitrogens with two attached hydrogens (primary N) is 1. The minimum absolute atomic E-state index is 0.0972. The molecular weight excluding hydrogens is 136 g/mol. The predicted octanol–water partition coefficient (Wildman–Crippen LogP) is 0.0805. The summed E-state index contributed by atoms with van der Waals surface area (Å²) in [5.74, 6) is 0. The first-order valence-electron chi connectivity index (χ1n) is 2.55. The van der Waals surface area contributed by atoms with E-state index in [9.17, 15) is 0 Å². The molecule has 3 N–H and O–H groups in total. The molecule has 0 aliphatic carbocycles. The van der Waals surface area contributed by atoms with Gasteiger partial charge in [0.05, 0.1) is 12.1 Å². The normalized spacial score (nSPS) is 7.78. The van der Waals surface area contributed by atoms with Crippen molar-refractivity contribution < 1.29 is 5.11 Å². The van der Waals surface area contributed by atoms with Gasteiger partial charge in [0.15, 0.2) is 0 Å². The van der Waals surface area contributed by atoms with E-state index >= 15 is 0 Å². The zero-order valence-corrected chi connectivity index (χ0v) is 5.84. The summed E-state index contributed by atoms with van der Waals surface area (Å²) in [5.41, 5.74) is 6.57. The van der Waals surface area contributed by atoms with E-state index in [0.29, 0.717) is 6.54 Å². The van der Waals surface area contributed by atoms with Crippen molar-refractivity contribution in [1.29, 1.82) is 0 Å². The third-order valence-electron chi connectivity index (χ3n) is 0.476. The SMILES string of the molecule is NCCO.c1cscn1. The lowest BCUT2D eigenvalue weighted by molar-refractivity contribution is 0.306. The molecule has 0 aliphatic heterocycles. The number of thiazole rings is 1. The van der Waals surface area contributed by atoms with Gasteiger partial charge in [0.1, 0.15) is 0 Å². The molecular formula is C5H10N2OS. The lowest BCUT2D eigenvalue weighted by Gasteiger charge is -1.71. The number of rotatable bonds is 1. The fraction of sp³-hybridized carbons (Fsp3) is 0.400. The number of hydrogen-bond donors (Lipinski definition) is 2. The van der Waals surface area contributed by atoms with Crippen molar-refractivity contribution >= 4 is 11.3 Å². The maximum Gasteiger partial charge on any atom is 0.0791 e. The summed E-state index contributed by atoms with van der Waals surface area (Å²) in [5, 5.41) is 9.68. The Morgan fingerprint density at radius 1 is 1.67 bits per heavy atom. The van der Waals surface area contributed by atoms with Gasteiger partial charge in [-0.15, -0.1) is 11.3 Å². The highest BCUT2D eigenvalue weighted by Crippen LogP contribution is 1.85. The Kier molecular flexibility index (Phi) is 7.17. The van der Waals surface area contributed by atoms with Crippen LogP contribution in [0.1, 0.15) is 0 Å². The molecule has 0 saturated carbocycles. The van der Waals surface area contributed by atoms with E-state index in [0.717, 1.165) is 0 Å². The van der Waals surface area contributed by atoms with Gasteiger partial charge in [-0.3, -0.25) is 4.98 Å². The molecule has 9 heavy (non-hydrogen) atoms. The van der Waals surface area contributed by atoms with Crippen LogP contribution in [0.3, 0.4) is 0 Å². The zero-order chi connectivity index (χ0) is 6.95. The molecule has 1 aromatic heterocycles. The Hall–Kier alpha value is -0.450. The lowest BCUT2D eigenvalue weighted by Crippen LogP contribution is -2.02. The van der Waals surface area contributed by atoms with Crippen LogP contribution in [0, 0.1) is 0 Å². The van der Waals surface area contributed by atoms with E-state index in [1.54, 1.807) is 23.0 Å². The van der Waals surface area contributed by atoms with Crippen molar-refractivity contribution in [1.82, 2.24) is 4.98 Å². The number of aromatic nitrogens is 1.